The average molecular weight is 526 g/mol. The van der Waals surface area contributed by atoms with Crippen molar-refractivity contribution in [3.63, 3.8) is 0 Å². The molecule has 0 aliphatic heterocycles. The fraction of sp³-hybridized carbons (Fsp3) is 0.471. The van der Waals surface area contributed by atoms with Crippen LogP contribution in [0.25, 0.3) is 33.2 Å². The number of benzene rings is 2. The molecule has 0 amide bonds. The largest absolute Gasteiger partial charge is 0.348 e. The number of H-pyrrole nitrogens is 1. The van der Waals surface area contributed by atoms with Crippen LogP contribution in [0.1, 0.15) is 92.2 Å². The zero-order chi connectivity index (χ0) is 27.9. The molecule has 5 aromatic rings. The molecular weight excluding hydrogens is 478 g/mol. The van der Waals surface area contributed by atoms with Gasteiger partial charge >= 0.3 is 0 Å². The Kier molecular flexibility index (Phi) is 7.21. The second-order valence-electron chi connectivity index (χ2n) is 13.3. The number of nitrogens with one attached hydrogen (secondary N) is 1. The highest BCUT2D eigenvalue weighted by molar-refractivity contribution is 6.12. The second kappa shape index (κ2) is 10.3. The van der Waals surface area contributed by atoms with Crippen molar-refractivity contribution in [2.24, 2.45) is 0 Å². The third kappa shape index (κ3) is 5.41. The first-order valence-electron chi connectivity index (χ1n) is 14.8. The molecule has 0 bridgehead atoms. The maximum absolute atomic E-state index is 3.91. The molecule has 5 rings (SSSR count). The maximum atomic E-state index is 3.91. The van der Waals surface area contributed by atoms with Crippen LogP contribution in [0, 0.1) is 0 Å². The summed E-state index contributed by atoms with van der Waals surface area (Å²) in [5.74, 6) is 0. The first-order valence-corrected chi connectivity index (χ1v) is 14.8. The molecule has 0 saturated carbocycles. The standard InChI is InChI=1S/C34H47N5/c1-9-11-13-36-15-17-38(23-36)29-21-25(33(3,4)5)19-27-28-20-26(34(6,7)8)22-30(32(28)35-31(27)29)39-18-16-37(24-39)14-12-10-2/h15-24,35H,9-14H2,1-8H3/q+2. The third-order valence-corrected chi connectivity index (χ3v) is 7.99. The van der Waals surface area contributed by atoms with Crippen molar-refractivity contribution >= 4 is 21.8 Å². The van der Waals surface area contributed by atoms with Gasteiger partial charge in [0, 0.05) is 10.8 Å². The molecular formula is C34H47N5+2. The first kappa shape index (κ1) is 27.2. The van der Waals surface area contributed by atoms with Crippen LogP contribution in [0.2, 0.25) is 0 Å². The molecule has 0 aliphatic carbocycles. The van der Waals surface area contributed by atoms with Crippen LogP contribution >= 0.6 is 0 Å². The molecule has 5 heteroatoms. The van der Waals surface area contributed by atoms with E-state index in [2.05, 4.69) is 140 Å². The predicted molar refractivity (Wildman–Crippen MR) is 162 cm³/mol. The highest BCUT2D eigenvalue weighted by Gasteiger charge is 2.26. The van der Waals surface area contributed by atoms with Crippen molar-refractivity contribution in [2.75, 3.05) is 0 Å². The van der Waals surface area contributed by atoms with E-state index in [1.54, 1.807) is 0 Å². The van der Waals surface area contributed by atoms with Crippen LogP contribution in [0.5, 0.6) is 0 Å². The highest BCUT2D eigenvalue weighted by atomic mass is 15.1. The quantitative estimate of drug-likeness (QED) is 0.202. The zero-order valence-electron chi connectivity index (χ0n) is 25.3. The first-order chi connectivity index (χ1) is 18.5. The number of hydrogen-bond donors (Lipinski definition) is 1. The van der Waals surface area contributed by atoms with E-state index < -0.39 is 0 Å². The van der Waals surface area contributed by atoms with Crippen molar-refractivity contribution in [1.82, 2.24) is 14.1 Å². The summed E-state index contributed by atoms with van der Waals surface area (Å²) in [7, 11) is 0. The molecule has 0 aliphatic rings. The Bertz CT molecular complexity index is 1480. The topological polar surface area (TPSA) is 33.4 Å². The summed E-state index contributed by atoms with van der Waals surface area (Å²) in [5, 5.41) is 2.58. The molecule has 5 nitrogen and oxygen atoms in total. The molecule has 2 aromatic carbocycles. The number of unbranched alkanes of at least 4 members (excludes halogenated alkanes) is 2. The van der Waals surface area contributed by atoms with Crippen molar-refractivity contribution < 1.29 is 9.13 Å². The Hall–Kier alpha value is -3.34. The van der Waals surface area contributed by atoms with Crippen LogP contribution in [-0.2, 0) is 23.9 Å². The van der Waals surface area contributed by atoms with Gasteiger partial charge in [0.2, 0.25) is 12.7 Å². The molecule has 3 aromatic heterocycles. The smallest absolute Gasteiger partial charge is 0.249 e. The van der Waals surface area contributed by atoms with Gasteiger partial charge in [0.1, 0.15) is 24.8 Å². The number of nitrogens with zero attached hydrogens (tertiary/aromatic N) is 4. The molecule has 0 saturated heterocycles. The second-order valence-corrected chi connectivity index (χ2v) is 13.3. The number of rotatable bonds is 8. The van der Waals surface area contributed by atoms with Gasteiger partial charge in [-0.15, -0.1) is 0 Å². The van der Waals surface area contributed by atoms with Gasteiger partial charge < -0.3 is 4.98 Å². The highest BCUT2D eigenvalue weighted by Crippen LogP contribution is 2.39. The molecule has 0 unspecified atom stereocenters. The fourth-order valence-corrected chi connectivity index (χ4v) is 5.36. The Morgan fingerprint density at radius 1 is 0.641 bits per heavy atom. The summed E-state index contributed by atoms with van der Waals surface area (Å²) >= 11 is 0. The van der Waals surface area contributed by atoms with E-state index in [9.17, 15) is 0 Å². The average Bonchev–Trinajstić information content (AvgIpc) is 3.62. The van der Waals surface area contributed by atoms with Gasteiger partial charge in [-0.3, -0.25) is 0 Å². The van der Waals surface area contributed by atoms with E-state index in [-0.39, 0.29) is 10.8 Å². The summed E-state index contributed by atoms with van der Waals surface area (Å²) in [6.07, 6.45) is 18.1. The minimum absolute atomic E-state index is 0.0353. The SMILES string of the molecule is CCCC[n+]1ccn(-c2cc(C(C)(C)C)cc3c2[nH]c2c(-n4cc[n+](CCCC)c4)cc(C(C)(C)C)cc23)c1. The minimum atomic E-state index is 0.0353. The molecule has 206 valence electrons. The number of imidazole rings is 2. The molecule has 1 N–H and O–H groups in total. The maximum Gasteiger partial charge on any atom is 0.249 e. The van der Waals surface area contributed by atoms with Crippen LogP contribution in [0.3, 0.4) is 0 Å². The lowest BCUT2D eigenvalue weighted by atomic mass is 9.84. The summed E-state index contributed by atoms with van der Waals surface area (Å²) in [6.45, 7) is 20.4. The molecule has 39 heavy (non-hydrogen) atoms. The lowest BCUT2D eigenvalue weighted by Gasteiger charge is -2.20. The van der Waals surface area contributed by atoms with E-state index in [0.29, 0.717) is 0 Å². The van der Waals surface area contributed by atoms with Crippen molar-refractivity contribution in [3.05, 3.63) is 72.8 Å². The number of aryl methyl sites for hydroxylation is 2. The normalized spacial score (nSPS) is 12.7. The van der Waals surface area contributed by atoms with Crippen LogP contribution < -0.4 is 9.13 Å². The molecule has 0 spiro atoms. The van der Waals surface area contributed by atoms with Crippen LogP contribution in [0.15, 0.2) is 61.7 Å². The lowest BCUT2D eigenvalue weighted by Crippen LogP contribution is -2.30. The third-order valence-electron chi connectivity index (χ3n) is 7.99. The van der Waals surface area contributed by atoms with Crippen LogP contribution in [0.4, 0.5) is 0 Å². The Morgan fingerprint density at radius 3 is 1.41 bits per heavy atom. The van der Waals surface area contributed by atoms with Gasteiger partial charge in [-0.1, -0.05) is 68.2 Å². The molecule has 3 heterocycles. The van der Waals surface area contributed by atoms with Gasteiger partial charge in [-0.05, 0) is 59.1 Å². The summed E-state index contributed by atoms with van der Waals surface area (Å²) in [5.41, 5.74) is 7.56. The molecule has 0 fully saturated rings. The summed E-state index contributed by atoms with van der Waals surface area (Å²) < 4.78 is 9.20. The van der Waals surface area contributed by atoms with Gasteiger partial charge in [-0.2, -0.15) is 0 Å². The predicted octanol–water partition coefficient (Wildman–Crippen LogP) is 7.67. The Balaban J connectivity index is 1.79. The van der Waals surface area contributed by atoms with Crippen molar-refractivity contribution in [1.29, 1.82) is 0 Å². The zero-order valence-corrected chi connectivity index (χ0v) is 25.3. The molecule has 0 atom stereocenters. The Labute approximate surface area is 234 Å². The van der Waals surface area contributed by atoms with E-state index >= 15 is 0 Å². The van der Waals surface area contributed by atoms with E-state index in [0.717, 1.165) is 13.1 Å². The molecule has 0 radical (unpaired) electrons. The van der Waals surface area contributed by atoms with Gasteiger partial charge in [-0.25, -0.2) is 18.3 Å². The Morgan fingerprint density at radius 2 is 1.05 bits per heavy atom. The lowest BCUT2D eigenvalue weighted by molar-refractivity contribution is -0.696. The van der Waals surface area contributed by atoms with Crippen molar-refractivity contribution in [2.45, 2.75) is 105 Å². The van der Waals surface area contributed by atoms with Crippen molar-refractivity contribution in [3.8, 4) is 11.4 Å². The monoisotopic (exact) mass is 525 g/mol. The minimum Gasteiger partial charge on any atom is -0.348 e. The fourth-order valence-electron chi connectivity index (χ4n) is 5.36. The number of hydrogen-bond acceptors (Lipinski definition) is 0. The van der Waals surface area contributed by atoms with Gasteiger partial charge in [0.15, 0.2) is 11.4 Å². The van der Waals surface area contributed by atoms with E-state index in [1.165, 1.54) is 70.0 Å². The van der Waals surface area contributed by atoms with Gasteiger partial charge in [0.25, 0.3) is 0 Å². The number of aromatic nitrogens is 5. The summed E-state index contributed by atoms with van der Waals surface area (Å²) in [4.78, 5) is 3.91. The van der Waals surface area contributed by atoms with Crippen LogP contribution in [-0.4, -0.2) is 14.1 Å². The summed E-state index contributed by atoms with van der Waals surface area (Å²) in [6, 6.07) is 9.58. The number of fused-ring (bicyclic) bond motifs is 3. The number of aromatic amines is 1. The van der Waals surface area contributed by atoms with E-state index in [4.69, 9.17) is 0 Å². The van der Waals surface area contributed by atoms with E-state index in [1.807, 2.05) is 0 Å². The van der Waals surface area contributed by atoms with Gasteiger partial charge in [0.05, 0.1) is 24.1 Å².